The van der Waals surface area contributed by atoms with Crippen molar-refractivity contribution in [3.05, 3.63) is 42.4 Å². The van der Waals surface area contributed by atoms with E-state index in [9.17, 15) is 18.3 Å². The van der Waals surface area contributed by atoms with Gasteiger partial charge in [-0.2, -0.15) is 18.3 Å². The normalized spacial score (nSPS) is 25.9. The highest BCUT2D eigenvalue weighted by Crippen LogP contribution is 2.45. The van der Waals surface area contributed by atoms with Gasteiger partial charge in [0.25, 0.3) is 0 Å². The van der Waals surface area contributed by atoms with Gasteiger partial charge in [0, 0.05) is 11.0 Å². The average molecular weight is 314 g/mol. The van der Waals surface area contributed by atoms with E-state index in [2.05, 4.69) is 18.3 Å². The van der Waals surface area contributed by atoms with Crippen LogP contribution in [0.15, 0.2) is 31.2 Å². The van der Waals surface area contributed by atoms with Crippen molar-refractivity contribution in [2.45, 2.75) is 51.2 Å². The van der Waals surface area contributed by atoms with Crippen molar-refractivity contribution >= 4 is 0 Å². The zero-order valence-corrected chi connectivity index (χ0v) is 12.7. The number of halogens is 3. The molecule has 0 amide bonds. The lowest BCUT2D eigenvalue weighted by Gasteiger charge is -2.37. The highest BCUT2D eigenvalue weighted by Gasteiger charge is 2.41. The molecule has 22 heavy (non-hydrogen) atoms. The molecule has 122 valence electrons. The molecule has 1 heterocycles. The second-order valence-corrected chi connectivity index (χ2v) is 6.19. The molecule has 1 fully saturated rings. The molecule has 0 bridgehead atoms. The largest absolute Gasteiger partial charge is 0.512 e. The zero-order valence-electron chi connectivity index (χ0n) is 12.7. The second-order valence-electron chi connectivity index (χ2n) is 6.19. The van der Waals surface area contributed by atoms with Gasteiger partial charge in [-0.05, 0) is 32.1 Å². The first-order chi connectivity index (χ1) is 10.2. The van der Waals surface area contributed by atoms with Gasteiger partial charge in [-0.3, -0.25) is 4.68 Å². The molecule has 0 aliphatic heterocycles. The third kappa shape index (κ3) is 3.05. The van der Waals surface area contributed by atoms with Crippen molar-refractivity contribution in [2.75, 3.05) is 0 Å². The van der Waals surface area contributed by atoms with Crippen molar-refractivity contribution in [3.8, 4) is 0 Å². The van der Waals surface area contributed by atoms with Crippen molar-refractivity contribution < 1.29 is 18.3 Å². The molecule has 1 aromatic heterocycles. The van der Waals surface area contributed by atoms with Crippen molar-refractivity contribution in [3.63, 3.8) is 0 Å². The predicted octanol–water partition coefficient (Wildman–Crippen LogP) is 4.82. The Morgan fingerprint density at radius 1 is 1.50 bits per heavy atom. The third-order valence-corrected chi connectivity index (χ3v) is 4.61. The van der Waals surface area contributed by atoms with Crippen LogP contribution in [0.4, 0.5) is 13.2 Å². The summed E-state index contributed by atoms with van der Waals surface area (Å²) >= 11 is 0. The van der Waals surface area contributed by atoms with Gasteiger partial charge in [0.1, 0.15) is 5.69 Å². The molecule has 1 N–H and O–H groups in total. The molecule has 1 saturated carbocycles. The highest BCUT2D eigenvalue weighted by molar-refractivity contribution is 5.24. The Hall–Kier alpha value is -1.72. The molecule has 2 rings (SSSR count). The molecule has 0 aromatic carbocycles. The smallest absolute Gasteiger partial charge is 0.433 e. The van der Waals surface area contributed by atoms with Gasteiger partial charge in [-0.25, -0.2) is 0 Å². The fourth-order valence-corrected chi connectivity index (χ4v) is 3.06. The zero-order chi connectivity index (χ0) is 16.5. The monoisotopic (exact) mass is 314 g/mol. The average Bonchev–Trinajstić information content (AvgIpc) is 2.83. The molecule has 0 atom stereocenters. The van der Waals surface area contributed by atoms with Gasteiger partial charge >= 0.3 is 6.18 Å². The van der Waals surface area contributed by atoms with Gasteiger partial charge in [0.05, 0.1) is 18.0 Å². The van der Waals surface area contributed by atoms with Gasteiger partial charge in [0.2, 0.25) is 0 Å². The fourth-order valence-electron chi connectivity index (χ4n) is 3.06. The van der Waals surface area contributed by atoms with E-state index in [0.717, 1.165) is 4.68 Å². The maximum Gasteiger partial charge on any atom is 0.433 e. The van der Waals surface area contributed by atoms with E-state index < -0.39 is 17.3 Å². The number of aromatic nitrogens is 2. The van der Waals surface area contributed by atoms with Crippen LogP contribution in [-0.2, 0) is 12.6 Å². The van der Waals surface area contributed by atoms with E-state index in [0.29, 0.717) is 25.7 Å². The van der Waals surface area contributed by atoms with Crippen LogP contribution in [0.5, 0.6) is 0 Å². The Balaban J connectivity index is 2.27. The summed E-state index contributed by atoms with van der Waals surface area (Å²) in [6, 6.07) is -0.303. The van der Waals surface area contributed by atoms with Crippen LogP contribution in [0.2, 0.25) is 0 Å². The van der Waals surface area contributed by atoms with Gasteiger partial charge in [0.15, 0.2) is 0 Å². The fraction of sp³-hybridized carbons (Fsp3) is 0.562. The summed E-state index contributed by atoms with van der Waals surface area (Å²) in [6.45, 7) is 8.96. The maximum atomic E-state index is 13.4. The van der Waals surface area contributed by atoms with E-state index in [1.165, 1.54) is 12.3 Å². The Bertz CT molecular complexity index is 566. The number of hydrogen-bond acceptors (Lipinski definition) is 2. The molecule has 1 aliphatic carbocycles. The maximum absolute atomic E-state index is 13.4. The Morgan fingerprint density at radius 3 is 2.55 bits per heavy atom. The summed E-state index contributed by atoms with van der Waals surface area (Å²) < 4.78 is 41.2. The van der Waals surface area contributed by atoms with E-state index in [-0.39, 0.29) is 23.8 Å². The number of nitrogens with zero attached hydrogens (tertiary/aromatic N) is 2. The van der Waals surface area contributed by atoms with Crippen LogP contribution in [0.3, 0.4) is 0 Å². The van der Waals surface area contributed by atoms with Crippen molar-refractivity contribution in [2.24, 2.45) is 5.41 Å². The summed E-state index contributed by atoms with van der Waals surface area (Å²) in [5.41, 5.74) is -0.933. The molecule has 3 nitrogen and oxygen atoms in total. The van der Waals surface area contributed by atoms with E-state index in [4.69, 9.17) is 0 Å². The quantitative estimate of drug-likeness (QED) is 0.639. The third-order valence-electron chi connectivity index (χ3n) is 4.61. The Morgan fingerprint density at radius 2 is 2.09 bits per heavy atom. The standard InChI is InChI=1S/C16H21F3N2O/c1-4-5-12-10-20-21(14(12)16(17,18)19)13-6-8-15(3,9-7-13)11(2)22/h4,10,13,22H,1-2,5-9H2,3H3. The summed E-state index contributed by atoms with van der Waals surface area (Å²) in [5, 5.41) is 13.6. The van der Waals surface area contributed by atoms with Gasteiger partial charge in [-0.15, -0.1) is 6.58 Å². The van der Waals surface area contributed by atoms with Crippen LogP contribution < -0.4 is 0 Å². The second kappa shape index (κ2) is 5.82. The van der Waals surface area contributed by atoms with Crippen LogP contribution in [-0.4, -0.2) is 14.9 Å². The van der Waals surface area contributed by atoms with E-state index >= 15 is 0 Å². The molecule has 0 saturated heterocycles. The summed E-state index contributed by atoms with van der Waals surface area (Å²) in [4.78, 5) is 0. The van der Waals surface area contributed by atoms with E-state index in [1.807, 2.05) is 6.92 Å². The molecule has 1 aromatic rings. The van der Waals surface area contributed by atoms with Crippen LogP contribution in [0.1, 0.15) is 49.9 Å². The lowest BCUT2D eigenvalue weighted by atomic mass is 9.73. The summed E-state index contributed by atoms with van der Waals surface area (Å²) in [6.07, 6.45) is 0.709. The Labute approximate surface area is 128 Å². The first-order valence-electron chi connectivity index (χ1n) is 7.32. The van der Waals surface area contributed by atoms with Crippen LogP contribution >= 0.6 is 0 Å². The van der Waals surface area contributed by atoms with Crippen molar-refractivity contribution in [1.29, 1.82) is 0 Å². The number of rotatable bonds is 4. The Kier molecular flexibility index (Phi) is 4.40. The molecule has 0 spiro atoms. The first kappa shape index (κ1) is 16.6. The number of allylic oxidation sites excluding steroid dienone is 2. The molecule has 6 heteroatoms. The predicted molar refractivity (Wildman–Crippen MR) is 78.5 cm³/mol. The van der Waals surface area contributed by atoms with Gasteiger partial charge in [-0.1, -0.05) is 19.6 Å². The molecule has 1 aliphatic rings. The SMILES string of the molecule is C=CCc1cnn(C2CCC(C)(C(=C)O)CC2)c1C(F)(F)F. The van der Waals surface area contributed by atoms with Gasteiger partial charge < -0.3 is 5.11 Å². The minimum absolute atomic E-state index is 0.106. The highest BCUT2D eigenvalue weighted by atomic mass is 19.4. The topological polar surface area (TPSA) is 38.0 Å². The first-order valence-corrected chi connectivity index (χ1v) is 7.32. The minimum atomic E-state index is -4.43. The number of hydrogen-bond donors (Lipinski definition) is 1. The van der Waals surface area contributed by atoms with Crippen LogP contribution in [0, 0.1) is 5.41 Å². The molecule has 0 unspecified atom stereocenters. The minimum Gasteiger partial charge on any atom is -0.512 e. The molecule has 0 radical (unpaired) electrons. The molecular formula is C16H21F3N2O. The number of alkyl halides is 3. The lowest BCUT2D eigenvalue weighted by molar-refractivity contribution is -0.146. The lowest BCUT2D eigenvalue weighted by Crippen LogP contribution is -2.30. The van der Waals surface area contributed by atoms with Crippen molar-refractivity contribution in [1.82, 2.24) is 9.78 Å². The molecular weight excluding hydrogens is 293 g/mol. The van der Waals surface area contributed by atoms with Crippen LogP contribution in [0.25, 0.3) is 0 Å². The number of aliphatic hydroxyl groups is 1. The van der Waals surface area contributed by atoms with E-state index in [1.54, 1.807) is 0 Å². The number of aliphatic hydroxyl groups excluding tert-OH is 1. The summed E-state index contributed by atoms with van der Waals surface area (Å²) in [5.74, 6) is 0.106. The summed E-state index contributed by atoms with van der Waals surface area (Å²) in [7, 11) is 0.